The predicted octanol–water partition coefficient (Wildman–Crippen LogP) is 3.41. The molecule has 0 unspecified atom stereocenters. The summed E-state index contributed by atoms with van der Waals surface area (Å²) in [5, 5.41) is 0.825. The van der Waals surface area contributed by atoms with E-state index in [9.17, 15) is 4.79 Å². The molecule has 1 aliphatic carbocycles. The number of carbonyl (C=O) groups excluding carboxylic acids is 1. The zero-order valence-corrected chi connectivity index (χ0v) is 13.6. The van der Waals surface area contributed by atoms with Crippen LogP contribution in [0, 0.1) is 19.8 Å². The second kappa shape index (κ2) is 5.88. The zero-order valence-electron chi connectivity index (χ0n) is 12.9. The Morgan fingerprint density at radius 1 is 1.14 bits per heavy atom. The topological polar surface area (TPSA) is 23.6 Å². The number of piperazine rings is 1. The van der Waals surface area contributed by atoms with E-state index >= 15 is 0 Å². The molecule has 1 aliphatic heterocycles. The number of hydrogen-bond donors (Lipinski definition) is 0. The van der Waals surface area contributed by atoms with E-state index in [1.54, 1.807) is 0 Å². The lowest BCUT2D eigenvalue weighted by Gasteiger charge is -2.40. The second-order valence-electron chi connectivity index (χ2n) is 6.35. The van der Waals surface area contributed by atoms with E-state index in [0.717, 1.165) is 49.7 Å². The van der Waals surface area contributed by atoms with Crippen LogP contribution in [0.25, 0.3) is 0 Å². The minimum atomic E-state index is 0.307. The van der Waals surface area contributed by atoms with E-state index in [4.69, 9.17) is 11.6 Å². The third-order valence-electron chi connectivity index (χ3n) is 4.76. The first-order chi connectivity index (χ1) is 10.1. The monoisotopic (exact) mass is 306 g/mol. The van der Waals surface area contributed by atoms with Gasteiger partial charge in [-0.05, 0) is 43.9 Å². The van der Waals surface area contributed by atoms with Crippen molar-refractivity contribution in [3.05, 3.63) is 28.3 Å². The molecule has 0 aromatic heterocycles. The number of carbonyl (C=O) groups is 1. The van der Waals surface area contributed by atoms with Gasteiger partial charge in [-0.15, -0.1) is 0 Å². The lowest BCUT2D eigenvalue weighted by molar-refractivity contribution is -0.138. The molecule has 0 bridgehead atoms. The highest BCUT2D eigenvalue weighted by atomic mass is 35.5. The molecule has 21 heavy (non-hydrogen) atoms. The summed E-state index contributed by atoms with van der Waals surface area (Å²) in [5.41, 5.74) is 3.55. The van der Waals surface area contributed by atoms with Crippen molar-refractivity contribution in [2.24, 2.45) is 5.92 Å². The van der Waals surface area contributed by atoms with Crippen LogP contribution in [0.2, 0.25) is 5.02 Å². The van der Waals surface area contributed by atoms with Crippen LogP contribution in [0.1, 0.15) is 30.4 Å². The fraction of sp³-hybridized carbons (Fsp3) is 0.588. The third-order valence-corrected chi connectivity index (χ3v) is 5.05. The largest absolute Gasteiger partial charge is 0.367 e. The molecule has 2 aliphatic rings. The van der Waals surface area contributed by atoms with Gasteiger partial charge in [0.1, 0.15) is 0 Å². The summed E-state index contributed by atoms with van der Waals surface area (Å²) in [7, 11) is 0. The average molecular weight is 307 g/mol. The van der Waals surface area contributed by atoms with Crippen LogP contribution in [0.5, 0.6) is 0 Å². The molecule has 2 fully saturated rings. The summed E-state index contributed by atoms with van der Waals surface area (Å²) < 4.78 is 0. The van der Waals surface area contributed by atoms with Gasteiger partial charge in [0.05, 0.1) is 10.7 Å². The first-order valence-corrected chi connectivity index (χ1v) is 8.24. The van der Waals surface area contributed by atoms with E-state index in [2.05, 4.69) is 24.8 Å². The van der Waals surface area contributed by atoms with Gasteiger partial charge in [-0.2, -0.15) is 0 Å². The first-order valence-electron chi connectivity index (χ1n) is 7.87. The number of aryl methyl sites for hydroxylation is 2. The highest BCUT2D eigenvalue weighted by molar-refractivity contribution is 6.33. The summed E-state index contributed by atoms with van der Waals surface area (Å²) >= 11 is 6.43. The highest BCUT2D eigenvalue weighted by Crippen LogP contribution is 2.33. The van der Waals surface area contributed by atoms with E-state index in [-0.39, 0.29) is 0 Å². The summed E-state index contributed by atoms with van der Waals surface area (Å²) in [6, 6.07) is 4.20. The quantitative estimate of drug-likeness (QED) is 0.836. The Bertz CT molecular complexity index is 523. The maximum atomic E-state index is 12.3. The van der Waals surface area contributed by atoms with Gasteiger partial charge in [0.25, 0.3) is 0 Å². The minimum Gasteiger partial charge on any atom is -0.367 e. The van der Waals surface area contributed by atoms with Gasteiger partial charge in [0.15, 0.2) is 0 Å². The fourth-order valence-corrected chi connectivity index (χ4v) is 3.81. The molecule has 1 saturated carbocycles. The van der Waals surface area contributed by atoms with Crippen LogP contribution in [0.3, 0.4) is 0 Å². The fourth-order valence-electron chi connectivity index (χ4n) is 3.37. The number of rotatable bonds is 2. The lowest BCUT2D eigenvalue weighted by Crippen LogP contribution is -2.51. The Morgan fingerprint density at radius 3 is 2.33 bits per heavy atom. The number of hydrogen-bond acceptors (Lipinski definition) is 2. The average Bonchev–Trinajstić information content (AvgIpc) is 2.36. The smallest absolute Gasteiger partial charge is 0.225 e. The van der Waals surface area contributed by atoms with Gasteiger partial charge in [-0.25, -0.2) is 0 Å². The first kappa shape index (κ1) is 14.7. The van der Waals surface area contributed by atoms with Crippen molar-refractivity contribution < 1.29 is 4.79 Å². The van der Waals surface area contributed by atoms with Crippen LogP contribution in [-0.4, -0.2) is 37.0 Å². The standard InChI is InChI=1S/C17H23ClN2O/c1-12-10-13(2)16(15(18)11-12)19-6-8-20(9-7-19)17(21)14-4-3-5-14/h10-11,14H,3-9H2,1-2H3. The van der Waals surface area contributed by atoms with Crippen molar-refractivity contribution in [2.75, 3.05) is 31.1 Å². The van der Waals surface area contributed by atoms with E-state index < -0.39 is 0 Å². The third kappa shape index (κ3) is 2.89. The molecule has 1 aromatic rings. The molecular formula is C17H23ClN2O. The molecule has 3 rings (SSSR count). The summed E-state index contributed by atoms with van der Waals surface area (Å²) in [5.74, 6) is 0.675. The number of benzene rings is 1. The van der Waals surface area contributed by atoms with Gasteiger partial charge in [-0.3, -0.25) is 4.79 Å². The molecule has 4 heteroatoms. The molecule has 1 saturated heterocycles. The Kier molecular flexibility index (Phi) is 4.12. The zero-order chi connectivity index (χ0) is 15.0. The summed E-state index contributed by atoms with van der Waals surface area (Å²) in [6.45, 7) is 7.57. The van der Waals surface area contributed by atoms with Crippen LogP contribution in [0.4, 0.5) is 5.69 Å². The number of nitrogens with zero attached hydrogens (tertiary/aromatic N) is 2. The van der Waals surface area contributed by atoms with Crippen LogP contribution in [0.15, 0.2) is 12.1 Å². The lowest BCUT2D eigenvalue weighted by atomic mass is 9.84. The molecule has 0 N–H and O–H groups in total. The highest BCUT2D eigenvalue weighted by Gasteiger charge is 2.31. The van der Waals surface area contributed by atoms with Gasteiger partial charge < -0.3 is 9.80 Å². The molecule has 1 heterocycles. The van der Waals surface area contributed by atoms with Crippen molar-refractivity contribution >= 4 is 23.2 Å². The number of amides is 1. The van der Waals surface area contributed by atoms with Crippen molar-refractivity contribution in [3.63, 3.8) is 0 Å². The Balaban J connectivity index is 1.67. The van der Waals surface area contributed by atoms with E-state index in [1.165, 1.54) is 17.5 Å². The van der Waals surface area contributed by atoms with Gasteiger partial charge >= 0.3 is 0 Å². The molecule has 0 atom stereocenters. The molecular weight excluding hydrogens is 284 g/mol. The van der Waals surface area contributed by atoms with Crippen LogP contribution in [-0.2, 0) is 4.79 Å². The molecule has 1 aromatic carbocycles. The number of halogens is 1. The summed E-state index contributed by atoms with van der Waals surface area (Å²) in [6.07, 6.45) is 3.39. The van der Waals surface area contributed by atoms with Crippen LogP contribution < -0.4 is 4.90 Å². The predicted molar refractivity (Wildman–Crippen MR) is 87.1 cm³/mol. The molecule has 0 spiro atoms. The molecule has 0 radical (unpaired) electrons. The Labute approximate surface area is 131 Å². The second-order valence-corrected chi connectivity index (χ2v) is 6.76. The van der Waals surface area contributed by atoms with Crippen molar-refractivity contribution in [1.29, 1.82) is 0 Å². The normalized spacial score (nSPS) is 19.6. The maximum absolute atomic E-state index is 12.3. The van der Waals surface area contributed by atoms with Crippen molar-refractivity contribution in [2.45, 2.75) is 33.1 Å². The number of anilines is 1. The SMILES string of the molecule is Cc1cc(C)c(N2CCN(C(=O)C3CCC3)CC2)c(Cl)c1. The Hall–Kier alpha value is -1.22. The van der Waals surface area contributed by atoms with E-state index in [0.29, 0.717) is 11.8 Å². The molecule has 3 nitrogen and oxygen atoms in total. The Morgan fingerprint density at radius 2 is 1.81 bits per heavy atom. The minimum absolute atomic E-state index is 0.307. The van der Waals surface area contributed by atoms with Crippen molar-refractivity contribution in [1.82, 2.24) is 4.90 Å². The summed E-state index contributed by atoms with van der Waals surface area (Å²) in [4.78, 5) is 16.6. The molecule has 1 amide bonds. The van der Waals surface area contributed by atoms with Gasteiger partial charge in [0.2, 0.25) is 5.91 Å². The van der Waals surface area contributed by atoms with Gasteiger partial charge in [-0.1, -0.05) is 24.1 Å². The van der Waals surface area contributed by atoms with Crippen LogP contribution >= 0.6 is 11.6 Å². The van der Waals surface area contributed by atoms with Gasteiger partial charge in [0, 0.05) is 32.1 Å². The van der Waals surface area contributed by atoms with Crippen molar-refractivity contribution in [3.8, 4) is 0 Å². The maximum Gasteiger partial charge on any atom is 0.225 e. The molecule has 114 valence electrons. The van der Waals surface area contributed by atoms with E-state index in [1.807, 2.05) is 11.0 Å².